The summed E-state index contributed by atoms with van der Waals surface area (Å²) >= 11 is 0. The molecule has 0 fully saturated rings. The van der Waals surface area contributed by atoms with Gasteiger partial charge in [-0.3, -0.25) is 9.59 Å². The van der Waals surface area contributed by atoms with E-state index in [2.05, 4.69) is 5.32 Å². The molecule has 6 nitrogen and oxygen atoms in total. The quantitative estimate of drug-likeness (QED) is 0.515. The molecule has 3 aromatic carbocycles. The zero-order valence-electron chi connectivity index (χ0n) is 19.1. The number of imide groups is 1. The summed E-state index contributed by atoms with van der Waals surface area (Å²) in [5, 5.41) is 3.18. The van der Waals surface area contributed by atoms with Crippen LogP contribution in [0, 0.1) is 13.8 Å². The third-order valence-corrected chi connectivity index (χ3v) is 5.50. The van der Waals surface area contributed by atoms with Gasteiger partial charge in [0.15, 0.2) is 0 Å². The van der Waals surface area contributed by atoms with Crippen LogP contribution in [0.1, 0.15) is 23.6 Å². The van der Waals surface area contributed by atoms with Gasteiger partial charge in [0.05, 0.1) is 25.0 Å². The van der Waals surface area contributed by atoms with E-state index in [1.807, 2.05) is 63.2 Å². The van der Waals surface area contributed by atoms with Gasteiger partial charge < -0.3 is 14.8 Å². The van der Waals surface area contributed by atoms with E-state index in [9.17, 15) is 9.59 Å². The molecule has 1 aliphatic rings. The normalized spacial score (nSPS) is 13.5. The molecule has 0 atom stereocenters. The maximum atomic E-state index is 13.6. The number of benzene rings is 3. The molecule has 1 aliphatic heterocycles. The number of carbonyl (C=O) groups is 2. The van der Waals surface area contributed by atoms with E-state index in [4.69, 9.17) is 9.47 Å². The van der Waals surface area contributed by atoms with Crippen molar-refractivity contribution in [3.05, 3.63) is 89.1 Å². The van der Waals surface area contributed by atoms with E-state index in [1.54, 1.807) is 31.4 Å². The van der Waals surface area contributed by atoms with Gasteiger partial charge >= 0.3 is 0 Å². The number of hydrogen-bond acceptors (Lipinski definition) is 5. The number of hydrogen-bond donors (Lipinski definition) is 1. The first kappa shape index (κ1) is 22.1. The monoisotopic (exact) mass is 442 g/mol. The molecular formula is C27H26N2O4. The van der Waals surface area contributed by atoms with E-state index in [0.29, 0.717) is 34.9 Å². The fourth-order valence-corrected chi connectivity index (χ4v) is 3.80. The highest BCUT2D eigenvalue weighted by molar-refractivity contribution is 6.46. The lowest BCUT2D eigenvalue weighted by Crippen LogP contribution is -2.33. The van der Waals surface area contributed by atoms with Crippen LogP contribution in [0.5, 0.6) is 11.5 Å². The maximum Gasteiger partial charge on any atom is 0.282 e. The Balaban J connectivity index is 1.79. The predicted octanol–water partition coefficient (Wildman–Crippen LogP) is 5.11. The highest BCUT2D eigenvalue weighted by Gasteiger charge is 2.40. The van der Waals surface area contributed by atoms with Gasteiger partial charge in [0.1, 0.15) is 17.2 Å². The number of nitrogens with one attached hydrogen (secondary N) is 1. The van der Waals surface area contributed by atoms with E-state index in [-0.39, 0.29) is 11.6 Å². The zero-order chi connectivity index (χ0) is 23.5. The Morgan fingerprint density at radius 3 is 2.15 bits per heavy atom. The van der Waals surface area contributed by atoms with Crippen molar-refractivity contribution in [1.29, 1.82) is 0 Å². The average molecular weight is 443 g/mol. The van der Waals surface area contributed by atoms with Gasteiger partial charge in [-0.25, -0.2) is 4.90 Å². The fourth-order valence-electron chi connectivity index (χ4n) is 3.80. The summed E-state index contributed by atoms with van der Waals surface area (Å²) in [4.78, 5) is 28.5. The molecule has 0 saturated heterocycles. The number of aryl methyl sites for hydroxylation is 2. The molecule has 1 N–H and O–H groups in total. The first-order valence-electron chi connectivity index (χ1n) is 10.8. The van der Waals surface area contributed by atoms with E-state index >= 15 is 0 Å². The molecular weight excluding hydrogens is 416 g/mol. The first-order chi connectivity index (χ1) is 15.9. The molecule has 6 heteroatoms. The smallest absolute Gasteiger partial charge is 0.282 e. The third kappa shape index (κ3) is 4.32. The van der Waals surface area contributed by atoms with Crippen molar-refractivity contribution in [3.63, 3.8) is 0 Å². The van der Waals surface area contributed by atoms with Crippen LogP contribution in [-0.2, 0) is 9.59 Å². The van der Waals surface area contributed by atoms with Crippen LogP contribution in [0.2, 0.25) is 0 Å². The second kappa shape index (κ2) is 9.20. The lowest BCUT2D eigenvalue weighted by molar-refractivity contribution is -0.120. The molecule has 168 valence electrons. The summed E-state index contributed by atoms with van der Waals surface area (Å²) in [6.07, 6.45) is 0. The van der Waals surface area contributed by atoms with Gasteiger partial charge in [-0.2, -0.15) is 0 Å². The second-order valence-corrected chi connectivity index (χ2v) is 7.80. The van der Waals surface area contributed by atoms with Crippen LogP contribution < -0.4 is 19.7 Å². The van der Waals surface area contributed by atoms with Crippen molar-refractivity contribution in [2.24, 2.45) is 0 Å². The van der Waals surface area contributed by atoms with Crippen LogP contribution in [0.3, 0.4) is 0 Å². The largest absolute Gasteiger partial charge is 0.497 e. The van der Waals surface area contributed by atoms with Gasteiger partial charge in [-0.05, 0) is 79.9 Å². The van der Waals surface area contributed by atoms with Crippen molar-refractivity contribution in [2.75, 3.05) is 23.9 Å². The summed E-state index contributed by atoms with van der Waals surface area (Å²) in [6, 6.07) is 20.1. The predicted molar refractivity (Wildman–Crippen MR) is 130 cm³/mol. The Morgan fingerprint density at radius 1 is 0.848 bits per heavy atom. The Labute approximate surface area is 193 Å². The van der Waals surface area contributed by atoms with Crippen molar-refractivity contribution >= 4 is 28.8 Å². The van der Waals surface area contributed by atoms with Crippen LogP contribution >= 0.6 is 0 Å². The first-order valence-corrected chi connectivity index (χ1v) is 10.8. The number of methoxy groups -OCH3 is 1. The minimum absolute atomic E-state index is 0.232. The molecule has 0 aromatic heterocycles. The van der Waals surface area contributed by atoms with Gasteiger partial charge in [-0.1, -0.05) is 24.3 Å². The minimum atomic E-state index is -0.395. The molecule has 0 aliphatic carbocycles. The topological polar surface area (TPSA) is 67.9 Å². The Hall–Kier alpha value is -4.06. The van der Waals surface area contributed by atoms with E-state index in [1.165, 1.54) is 4.90 Å². The van der Waals surface area contributed by atoms with E-state index in [0.717, 1.165) is 16.9 Å². The summed E-state index contributed by atoms with van der Waals surface area (Å²) in [5.41, 5.74) is 4.26. The number of nitrogens with zero attached hydrogens (tertiary/aromatic N) is 1. The maximum absolute atomic E-state index is 13.6. The van der Waals surface area contributed by atoms with Crippen molar-refractivity contribution in [2.45, 2.75) is 20.8 Å². The van der Waals surface area contributed by atoms with Crippen LogP contribution in [0.4, 0.5) is 11.4 Å². The van der Waals surface area contributed by atoms with Gasteiger partial charge in [0.2, 0.25) is 0 Å². The Morgan fingerprint density at radius 2 is 1.52 bits per heavy atom. The van der Waals surface area contributed by atoms with Crippen LogP contribution in [-0.4, -0.2) is 25.5 Å². The zero-order valence-corrected chi connectivity index (χ0v) is 19.1. The number of carbonyl (C=O) groups excluding carboxylic acids is 2. The number of rotatable bonds is 7. The summed E-state index contributed by atoms with van der Waals surface area (Å²) in [6.45, 7) is 6.31. The van der Waals surface area contributed by atoms with Crippen LogP contribution in [0.25, 0.3) is 5.57 Å². The molecule has 4 rings (SSSR count). The van der Waals surface area contributed by atoms with Crippen molar-refractivity contribution in [3.8, 4) is 11.5 Å². The SMILES string of the molecule is CCOc1ccc(NC2=C(c3ccc(OC)cc3)C(=O)N(c3cc(C)ccc3C)C2=O)cc1. The molecule has 0 spiro atoms. The fraction of sp³-hybridized carbons (Fsp3) is 0.185. The average Bonchev–Trinajstić information content (AvgIpc) is 3.06. The van der Waals surface area contributed by atoms with E-state index < -0.39 is 5.91 Å². The molecule has 0 unspecified atom stereocenters. The van der Waals surface area contributed by atoms with Gasteiger partial charge in [-0.15, -0.1) is 0 Å². The summed E-state index contributed by atoms with van der Waals surface area (Å²) in [5.74, 6) is 0.641. The van der Waals surface area contributed by atoms with Crippen molar-refractivity contribution in [1.82, 2.24) is 0 Å². The third-order valence-electron chi connectivity index (χ3n) is 5.50. The molecule has 3 aromatic rings. The molecule has 0 radical (unpaired) electrons. The number of amides is 2. The lowest BCUT2D eigenvalue weighted by Gasteiger charge is -2.18. The standard InChI is InChI=1S/C27H26N2O4/c1-5-33-22-14-10-20(11-15-22)28-25-24(19-8-12-21(32-4)13-9-19)26(30)29(27(25)31)23-16-17(2)6-7-18(23)3/h6-16,28H,5H2,1-4H3. The van der Waals surface area contributed by atoms with Crippen LogP contribution in [0.15, 0.2) is 72.4 Å². The van der Waals surface area contributed by atoms with Gasteiger partial charge in [0, 0.05) is 5.69 Å². The second-order valence-electron chi connectivity index (χ2n) is 7.80. The molecule has 33 heavy (non-hydrogen) atoms. The van der Waals surface area contributed by atoms with Crippen molar-refractivity contribution < 1.29 is 19.1 Å². The Kier molecular flexibility index (Phi) is 6.18. The number of anilines is 2. The molecule has 2 amide bonds. The lowest BCUT2D eigenvalue weighted by atomic mass is 10.0. The molecule has 0 bridgehead atoms. The summed E-state index contributed by atoms with van der Waals surface area (Å²) in [7, 11) is 1.58. The van der Waals surface area contributed by atoms with Gasteiger partial charge in [0.25, 0.3) is 11.8 Å². The highest BCUT2D eigenvalue weighted by Crippen LogP contribution is 2.36. The number of ether oxygens (including phenoxy) is 2. The molecule has 1 heterocycles. The summed E-state index contributed by atoms with van der Waals surface area (Å²) < 4.78 is 10.7. The Bertz CT molecular complexity index is 1230. The molecule has 0 saturated carbocycles. The highest BCUT2D eigenvalue weighted by atomic mass is 16.5. The minimum Gasteiger partial charge on any atom is -0.497 e.